The minimum absolute atomic E-state index is 0. The average Bonchev–Trinajstić information content (AvgIpc) is 3.29. The summed E-state index contributed by atoms with van der Waals surface area (Å²) in [6.45, 7) is 2.84. The molecule has 1 aliphatic heterocycles. The zero-order valence-corrected chi connectivity index (χ0v) is 18.3. The standard InChI is InChI=1S/C20H17FN8OS.ClH/c21-14-10-25-20(27-17(14)12-1-2-16-15(7-12)26-11-31-16)28-19-23-8-13(9-24-19)18(30)29-5-3-22-4-6-29;/h1-2,7-11,22H,3-6H2,(H,23,24,25,27,28);1H. The largest absolute Gasteiger partial charge is 0.336 e. The molecule has 1 aromatic carbocycles. The highest BCUT2D eigenvalue weighted by Crippen LogP contribution is 2.27. The van der Waals surface area contributed by atoms with E-state index in [0.29, 0.717) is 24.2 Å². The van der Waals surface area contributed by atoms with E-state index in [0.717, 1.165) is 29.5 Å². The number of piperazine rings is 1. The number of hydrogen-bond donors (Lipinski definition) is 2. The van der Waals surface area contributed by atoms with Crippen LogP contribution in [0.15, 0.2) is 42.3 Å². The quantitative estimate of drug-likeness (QED) is 0.466. The topological polar surface area (TPSA) is 109 Å². The number of nitrogens with zero attached hydrogens (tertiary/aromatic N) is 6. The molecule has 0 saturated carbocycles. The molecule has 164 valence electrons. The van der Waals surface area contributed by atoms with Crippen molar-refractivity contribution in [2.75, 3.05) is 31.5 Å². The molecule has 0 unspecified atom stereocenters. The molecule has 2 N–H and O–H groups in total. The van der Waals surface area contributed by atoms with Crippen LogP contribution in [-0.4, -0.2) is 61.9 Å². The van der Waals surface area contributed by atoms with Crippen LogP contribution in [0.1, 0.15) is 10.4 Å². The van der Waals surface area contributed by atoms with Crippen molar-refractivity contribution < 1.29 is 9.18 Å². The van der Waals surface area contributed by atoms with E-state index >= 15 is 0 Å². The van der Waals surface area contributed by atoms with Crippen molar-refractivity contribution in [3.8, 4) is 11.3 Å². The number of hydrogen-bond acceptors (Lipinski definition) is 9. The van der Waals surface area contributed by atoms with Crippen LogP contribution in [0.4, 0.5) is 16.3 Å². The van der Waals surface area contributed by atoms with E-state index in [1.165, 1.54) is 23.7 Å². The second-order valence-electron chi connectivity index (χ2n) is 6.89. The number of fused-ring (bicyclic) bond motifs is 1. The molecule has 4 heterocycles. The van der Waals surface area contributed by atoms with Crippen LogP contribution in [-0.2, 0) is 0 Å². The summed E-state index contributed by atoms with van der Waals surface area (Å²) in [6, 6.07) is 5.46. The maximum Gasteiger partial charge on any atom is 0.257 e. The van der Waals surface area contributed by atoms with Crippen molar-refractivity contribution in [3.63, 3.8) is 0 Å². The van der Waals surface area contributed by atoms with E-state index in [-0.39, 0.29) is 35.9 Å². The van der Waals surface area contributed by atoms with Crippen molar-refractivity contribution >= 4 is 51.8 Å². The highest BCUT2D eigenvalue weighted by molar-refractivity contribution is 7.16. The van der Waals surface area contributed by atoms with E-state index in [9.17, 15) is 9.18 Å². The van der Waals surface area contributed by atoms with Gasteiger partial charge in [0.1, 0.15) is 5.69 Å². The van der Waals surface area contributed by atoms with Gasteiger partial charge in [0.25, 0.3) is 5.91 Å². The molecule has 0 aliphatic carbocycles. The van der Waals surface area contributed by atoms with Crippen molar-refractivity contribution in [2.45, 2.75) is 0 Å². The normalized spacial score (nSPS) is 13.6. The van der Waals surface area contributed by atoms with E-state index < -0.39 is 5.82 Å². The fraction of sp³-hybridized carbons (Fsp3) is 0.200. The summed E-state index contributed by atoms with van der Waals surface area (Å²) in [7, 11) is 0. The molecule has 32 heavy (non-hydrogen) atoms. The van der Waals surface area contributed by atoms with Crippen LogP contribution in [0, 0.1) is 5.82 Å². The van der Waals surface area contributed by atoms with Crippen LogP contribution in [0.3, 0.4) is 0 Å². The van der Waals surface area contributed by atoms with Gasteiger partial charge in [-0.1, -0.05) is 6.07 Å². The summed E-state index contributed by atoms with van der Waals surface area (Å²) in [5.41, 5.74) is 3.68. The maximum atomic E-state index is 14.4. The fourth-order valence-corrected chi connectivity index (χ4v) is 3.95. The van der Waals surface area contributed by atoms with Gasteiger partial charge in [-0.05, 0) is 12.1 Å². The monoisotopic (exact) mass is 472 g/mol. The van der Waals surface area contributed by atoms with Gasteiger partial charge in [0.05, 0.1) is 27.5 Å². The Balaban J connectivity index is 0.00000245. The number of thiazole rings is 1. The molecular weight excluding hydrogens is 455 g/mol. The Bertz CT molecular complexity index is 1250. The van der Waals surface area contributed by atoms with Gasteiger partial charge >= 0.3 is 0 Å². The Labute approximate surface area is 192 Å². The molecule has 0 radical (unpaired) electrons. The number of rotatable bonds is 4. The minimum Gasteiger partial charge on any atom is -0.336 e. The van der Waals surface area contributed by atoms with Gasteiger partial charge in [-0.25, -0.2) is 29.3 Å². The number of carbonyl (C=O) groups excluding carboxylic acids is 1. The van der Waals surface area contributed by atoms with Gasteiger partial charge in [0.15, 0.2) is 5.82 Å². The number of carbonyl (C=O) groups is 1. The highest BCUT2D eigenvalue weighted by Gasteiger charge is 2.19. The third-order valence-corrected chi connectivity index (χ3v) is 5.68. The molecule has 1 saturated heterocycles. The Kier molecular flexibility index (Phi) is 6.49. The van der Waals surface area contributed by atoms with Crippen molar-refractivity contribution in [1.82, 2.24) is 35.1 Å². The fourth-order valence-electron chi connectivity index (χ4n) is 3.29. The van der Waals surface area contributed by atoms with Crippen LogP contribution in [0.25, 0.3) is 21.5 Å². The van der Waals surface area contributed by atoms with E-state index in [2.05, 4.69) is 35.6 Å². The van der Waals surface area contributed by atoms with Gasteiger partial charge in [-0.2, -0.15) is 0 Å². The molecular formula is C20H18ClFN8OS. The molecule has 0 bridgehead atoms. The molecule has 9 nitrogen and oxygen atoms in total. The Morgan fingerprint density at radius 3 is 2.59 bits per heavy atom. The molecule has 4 aromatic rings. The minimum atomic E-state index is -0.544. The van der Waals surface area contributed by atoms with Crippen LogP contribution < -0.4 is 10.6 Å². The van der Waals surface area contributed by atoms with Crippen molar-refractivity contribution in [3.05, 3.63) is 53.7 Å². The van der Waals surface area contributed by atoms with Gasteiger partial charge in [-0.15, -0.1) is 23.7 Å². The lowest BCUT2D eigenvalue weighted by Crippen LogP contribution is -2.46. The zero-order valence-electron chi connectivity index (χ0n) is 16.7. The van der Waals surface area contributed by atoms with E-state index in [1.807, 2.05) is 6.07 Å². The third kappa shape index (κ3) is 4.49. The summed E-state index contributed by atoms with van der Waals surface area (Å²) in [4.78, 5) is 35.1. The molecule has 3 aromatic heterocycles. The van der Waals surface area contributed by atoms with Crippen molar-refractivity contribution in [2.24, 2.45) is 0 Å². The predicted molar refractivity (Wildman–Crippen MR) is 122 cm³/mol. The summed E-state index contributed by atoms with van der Waals surface area (Å²) < 4.78 is 15.4. The number of nitrogens with one attached hydrogen (secondary N) is 2. The molecule has 1 aliphatic rings. The van der Waals surface area contributed by atoms with Crippen molar-refractivity contribution in [1.29, 1.82) is 0 Å². The Morgan fingerprint density at radius 2 is 1.81 bits per heavy atom. The van der Waals surface area contributed by atoms with Gasteiger partial charge in [-0.3, -0.25) is 10.1 Å². The first-order chi connectivity index (χ1) is 15.2. The first kappa shape index (κ1) is 21.9. The number of aromatic nitrogens is 5. The van der Waals surface area contributed by atoms with Gasteiger partial charge in [0, 0.05) is 44.1 Å². The predicted octanol–water partition coefficient (Wildman–Crippen LogP) is 2.89. The summed E-state index contributed by atoms with van der Waals surface area (Å²) in [5.74, 6) is -0.288. The smallest absolute Gasteiger partial charge is 0.257 e. The van der Waals surface area contributed by atoms with E-state index in [1.54, 1.807) is 22.5 Å². The summed E-state index contributed by atoms with van der Waals surface area (Å²) >= 11 is 1.52. The lowest BCUT2D eigenvalue weighted by molar-refractivity contribution is 0.0735. The van der Waals surface area contributed by atoms with Crippen LogP contribution in [0.5, 0.6) is 0 Å². The first-order valence-electron chi connectivity index (χ1n) is 9.62. The number of benzene rings is 1. The van der Waals surface area contributed by atoms with Gasteiger partial charge in [0.2, 0.25) is 11.9 Å². The maximum absolute atomic E-state index is 14.4. The summed E-state index contributed by atoms with van der Waals surface area (Å²) in [6.07, 6.45) is 4.01. The molecule has 1 fully saturated rings. The molecule has 12 heteroatoms. The zero-order chi connectivity index (χ0) is 21.2. The average molecular weight is 473 g/mol. The molecule has 0 atom stereocenters. The molecule has 1 amide bonds. The number of anilines is 2. The summed E-state index contributed by atoms with van der Waals surface area (Å²) in [5, 5.41) is 6.07. The number of amides is 1. The molecule has 5 rings (SSSR count). The highest BCUT2D eigenvalue weighted by atomic mass is 35.5. The van der Waals surface area contributed by atoms with Gasteiger partial charge < -0.3 is 10.2 Å². The van der Waals surface area contributed by atoms with E-state index in [4.69, 9.17) is 0 Å². The lowest BCUT2D eigenvalue weighted by Gasteiger charge is -2.27. The number of halogens is 2. The second-order valence-corrected chi connectivity index (χ2v) is 7.77. The lowest BCUT2D eigenvalue weighted by atomic mass is 10.1. The SMILES string of the molecule is Cl.O=C(c1cnc(Nc2ncc(F)c(-c3ccc4scnc4c3)n2)nc1)N1CCNCC1. The third-order valence-electron chi connectivity index (χ3n) is 4.87. The Morgan fingerprint density at radius 1 is 1.06 bits per heavy atom. The Hall–Kier alpha value is -3.28. The first-order valence-corrected chi connectivity index (χ1v) is 10.5. The van der Waals surface area contributed by atoms with Crippen LogP contribution >= 0.6 is 23.7 Å². The second kappa shape index (κ2) is 9.47. The van der Waals surface area contributed by atoms with Crippen LogP contribution in [0.2, 0.25) is 0 Å². The molecule has 0 spiro atoms.